The van der Waals surface area contributed by atoms with Crippen molar-refractivity contribution in [2.75, 3.05) is 0 Å². The van der Waals surface area contributed by atoms with Crippen molar-refractivity contribution < 1.29 is 5.11 Å². The van der Waals surface area contributed by atoms with Crippen LogP contribution in [0.5, 0.6) is 0 Å². The van der Waals surface area contributed by atoms with Crippen molar-refractivity contribution in [2.45, 2.75) is 45.6 Å². The lowest BCUT2D eigenvalue weighted by Gasteiger charge is -2.39. The van der Waals surface area contributed by atoms with E-state index in [-0.39, 0.29) is 0 Å². The average molecular weight is 336 g/mol. The number of hydrogen-bond donors (Lipinski definition) is 1. The molecule has 0 aliphatic heterocycles. The SMILES string of the molecule is CC(C)C1CCC(C#N)(C(O)c2cccc(Br)c2)CC1. The maximum atomic E-state index is 10.7. The van der Waals surface area contributed by atoms with Gasteiger partial charge in [-0.15, -0.1) is 0 Å². The number of nitrogens with zero attached hydrogens (tertiary/aromatic N) is 1. The van der Waals surface area contributed by atoms with E-state index < -0.39 is 11.5 Å². The van der Waals surface area contributed by atoms with Gasteiger partial charge < -0.3 is 5.11 Å². The predicted octanol–water partition coefficient (Wildman–Crippen LogP) is 4.84. The Morgan fingerprint density at radius 1 is 1.35 bits per heavy atom. The molecule has 2 nitrogen and oxygen atoms in total. The van der Waals surface area contributed by atoms with Gasteiger partial charge in [0.2, 0.25) is 0 Å². The van der Waals surface area contributed by atoms with Crippen LogP contribution in [0, 0.1) is 28.6 Å². The quantitative estimate of drug-likeness (QED) is 0.858. The molecule has 1 aromatic carbocycles. The summed E-state index contributed by atoms with van der Waals surface area (Å²) in [5.41, 5.74) is 0.218. The first kappa shape index (κ1) is 15.5. The Balaban J connectivity index is 2.19. The summed E-state index contributed by atoms with van der Waals surface area (Å²) in [6, 6.07) is 10.1. The minimum atomic E-state index is -0.696. The maximum absolute atomic E-state index is 10.7. The Bertz CT molecular complexity index is 498. The zero-order chi connectivity index (χ0) is 14.8. The summed E-state index contributed by atoms with van der Waals surface area (Å²) in [5.74, 6) is 1.35. The number of benzene rings is 1. The minimum Gasteiger partial charge on any atom is -0.387 e. The third-order valence-electron chi connectivity index (χ3n) is 4.78. The minimum absolute atomic E-state index is 0.619. The monoisotopic (exact) mass is 335 g/mol. The Kier molecular flexibility index (Phi) is 4.88. The zero-order valence-electron chi connectivity index (χ0n) is 12.1. The fraction of sp³-hybridized carbons (Fsp3) is 0.588. The second kappa shape index (κ2) is 6.28. The van der Waals surface area contributed by atoms with Crippen molar-refractivity contribution >= 4 is 15.9 Å². The van der Waals surface area contributed by atoms with Crippen LogP contribution in [0.1, 0.15) is 51.2 Å². The van der Waals surface area contributed by atoms with Crippen molar-refractivity contribution in [1.29, 1.82) is 5.26 Å². The molecular formula is C17H22BrNO. The van der Waals surface area contributed by atoms with Gasteiger partial charge in [0.05, 0.1) is 17.6 Å². The molecule has 2 rings (SSSR count). The van der Waals surface area contributed by atoms with Gasteiger partial charge in [-0.3, -0.25) is 0 Å². The van der Waals surface area contributed by atoms with Crippen LogP contribution in [0.15, 0.2) is 28.7 Å². The molecule has 0 heterocycles. The largest absolute Gasteiger partial charge is 0.387 e. The summed E-state index contributed by atoms with van der Waals surface area (Å²) < 4.78 is 0.943. The van der Waals surface area contributed by atoms with Gasteiger partial charge in [-0.05, 0) is 55.2 Å². The van der Waals surface area contributed by atoms with Crippen molar-refractivity contribution in [3.63, 3.8) is 0 Å². The van der Waals surface area contributed by atoms with Crippen LogP contribution < -0.4 is 0 Å². The van der Waals surface area contributed by atoms with E-state index in [9.17, 15) is 10.4 Å². The molecule has 0 aromatic heterocycles. The zero-order valence-corrected chi connectivity index (χ0v) is 13.7. The highest BCUT2D eigenvalue weighted by atomic mass is 79.9. The van der Waals surface area contributed by atoms with Gasteiger partial charge in [-0.2, -0.15) is 5.26 Å². The highest BCUT2D eigenvalue weighted by Gasteiger charge is 2.42. The van der Waals surface area contributed by atoms with Crippen LogP contribution in [0.25, 0.3) is 0 Å². The van der Waals surface area contributed by atoms with Gasteiger partial charge in [0.25, 0.3) is 0 Å². The normalized spacial score (nSPS) is 28.1. The van der Waals surface area contributed by atoms with Crippen molar-refractivity contribution in [3.05, 3.63) is 34.3 Å². The van der Waals surface area contributed by atoms with Crippen LogP contribution in [0.2, 0.25) is 0 Å². The van der Waals surface area contributed by atoms with Gasteiger partial charge >= 0.3 is 0 Å². The Labute approximate surface area is 129 Å². The molecule has 3 heteroatoms. The molecule has 1 aliphatic carbocycles. The highest BCUT2D eigenvalue weighted by Crippen LogP contribution is 2.48. The Hall–Kier alpha value is -0.850. The number of aliphatic hydroxyl groups is 1. The molecule has 0 radical (unpaired) electrons. The molecule has 0 amide bonds. The number of hydrogen-bond acceptors (Lipinski definition) is 2. The standard InChI is InChI=1S/C17H22BrNO/c1-12(2)13-6-8-17(11-19,9-7-13)16(20)14-4-3-5-15(18)10-14/h3-5,10,12-13,16,20H,6-9H2,1-2H3. The van der Waals surface area contributed by atoms with E-state index in [1.165, 1.54) is 0 Å². The molecule has 1 atom stereocenters. The molecule has 1 N–H and O–H groups in total. The first-order valence-electron chi connectivity index (χ1n) is 7.33. The van der Waals surface area contributed by atoms with E-state index in [4.69, 9.17) is 0 Å². The van der Waals surface area contributed by atoms with Gasteiger partial charge in [0, 0.05) is 4.47 Å². The molecule has 1 unspecified atom stereocenters. The molecule has 0 bridgehead atoms. The second-order valence-corrected chi connectivity index (χ2v) is 7.22. The van der Waals surface area contributed by atoms with Crippen LogP contribution >= 0.6 is 15.9 Å². The smallest absolute Gasteiger partial charge is 0.0976 e. The molecule has 1 aromatic rings. The maximum Gasteiger partial charge on any atom is 0.0976 e. The van der Waals surface area contributed by atoms with E-state index in [0.29, 0.717) is 11.8 Å². The number of rotatable bonds is 3. The van der Waals surface area contributed by atoms with E-state index in [2.05, 4.69) is 35.8 Å². The van der Waals surface area contributed by atoms with Gasteiger partial charge in [-0.1, -0.05) is 41.9 Å². The van der Waals surface area contributed by atoms with Crippen molar-refractivity contribution in [1.82, 2.24) is 0 Å². The number of aliphatic hydroxyl groups excluding tert-OH is 1. The Morgan fingerprint density at radius 2 is 2.00 bits per heavy atom. The summed E-state index contributed by atoms with van der Waals surface area (Å²) in [5, 5.41) is 20.3. The molecule has 108 valence electrons. The van der Waals surface area contributed by atoms with Gasteiger partial charge in [0.15, 0.2) is 0 Å². The number of nitriles is 1. The van der Waals surface area contributed by atoms with E-state index in [1.54, 1.807) is 0 Å². The molecule has 20 heavy (non-hydrogen) atoms. The lowest BCUT2D eigenvalue weighted by molar-refractivity contribution is 0.0190. The Morgan fingerprint density at radius 3 is 2.50 bits per heavy atom. The molecular weight excluding hydrogens is 314 g/mol. The number of halogens is 1. The molecule has 1 saturated carbocycles. The topological polar surface area (TPSA) is 44.0 Å². The summed E-state index contributed by atoms with van der Waals surface area (Å²) >= 11 is 3.43. The fourth-order valence-electron chi connectivity index (χ4n) is 3.26. The van der Waals surface area contributed by atoms with E-state index in [1.807, 2.05) is 24.3 Å². The van der Waals surface area contributed by atoms with Crippen LogP contribution in [-0.4, -0.2) is 5.11 Å². The summed E-state index contributed by atoms with van der Waals surface area (Å²) in [4.78, 5) is 0. The molecule has 0 saturated heterocycles. The molecule has 0 spiro atoms. The first-order valence-corrected chi connectivity index (χ1v) is 8.12. The van der Waals surface area contributed by atoms with E-state index in [0.717, 1.165) is 35.7 Å². The highest BCUT2D eigenvalue weighted by molar-refractivity contribution is 9.10. The van der Waals surface area contributed by atoms with Crippen LogP contribution in [0.4, 0.5) is 0 Å². The molecule has 1 aliphatic rings. The third kappa shape index (κ3) is 3.07. The summed E-state index contributed by atoms with van der Waals surface area (Å²) in [6.07, 6.45) is 2.96. The van der Waals surface area contributed by atoms with Crippen molar-refractivity contribution in [3.8, 4) is 6.07 Å². The van der Waals surface area contributed by atoms with Gasteiger partial charge in [0.1, 0.15) is 0 Å². The van der Waals surface area contributed by atoms with Crippen LogP contribution in [-0.2, 0) is 0 Å². The van der Waals surface area contributed by atoms with Gasteiger partial charge in [-0.25, -0.2) is 0 Å². The summed E-state index contributed by atoms with van der Waals surface area (Å²) in [7, 11) is 0. The third-order valence-corrected chi connectivity index (χ3v) is 5.27. The van der Waals surface area contributed by atoms with Crippen molar-refractivity contribution in [2.24, 2.45) is 17.3 Å². The lowest BCUT2D eigenvalue weighted by atomic mass is 9.65. The van der Waals surface area contributed by atoms with E-state index >= 15 is 0 Å². The summed E-state index contributed by atoms with van der Waals surface area (Å²) in [6.45, 7) is 4.49. The average Bonchev–Trinajstić information content (AvgIpc) is 2.46. The fourth-order valence-corrected chi connectivity index (χ4v) is 3.68. The molecule has 1 fully saturated rings. The lowest BCUT2D eigenvalue weighted by Crippen LogP contribution is -2.33. The van der Waals surface area contributed by atoms with Crippen LogP contribution in [0.3, 0.4) is 0 Å². The second-order valence-electron chi connectivity index (χ2n) is 6.31. The predicted molar refractivity (Wildman–Crippen MR) is 83.9 cm³/mol. The first-order chi connectivity index (χ1) is 9.48.